The average Bonchev–Trinajstić information content (AvgIpc) is 3.09. The van der Waals surface area contributed by atoms with Crippen LogP contribution in [0.25, 0.3) is 0 Å². The molecule has 3 rings (SSSR count). The summed E-state index contributed by atoms with van der Waals surface area (Å²) in [5, 5.41) is 4.22. The summed E-state index contributed by atoms with van der Waals surface area (Å²) in [6.45, 7) is 0. The molecular weight excluding hydrogens is 228 g/mol. The zero-order chi connectivity index (χ0) is 12.7. The maximum atomic E-state index is 12.3. The highest BCUT2D eigenvalue weighted by atomic mass is 16.2. The van der Waals surface area contributed by atoms with Crippen LogP contribution in [-0.2, 0) is 11.8 Å². The molecule has 1 saturated heterocycles. The Morgan fingerprint density at radius 1 is 1.39 bits per heavy atom. The standard InChI is InChI=1S/C13H20N4O/c1-16-11(7-8-15-16)13-10(14)3-2-4-12(18)17(13)9-5-6-9/h7-10,13H,2-6,14H2,1H3. The van der Waals surface area contributed by atoms with Crippen molar-refractivity contribution in [3.63, 3.8) is 0 Å². The van der Waals surface area contributed by atoms with Crippen LogP contribution in [0.4, 0.5) is 0 Å². The largest absolute Gasteiger partial charge is 0.330 e. The number of carbonyl (C=O) groups is 1. The minimum absolute atomic E-state index is 0.000000000000000444. The molecule has 1 aromatic rings. The van der Waals surface area contributed by atoms with Crippen molar-refractivity contribution >= 4 is 5.91 Å². The number of nitrogens with two attached hydrogens (primary N) is 1. The van der Waals surface area contributed by atoms with Crippen LogP contribution >= 0.6 is 0 Å². The molecule has 1 saturated carbocycles. The van der Waals surface area contributed by atoms with Crippen molar-refractivity contribution in [2.75, 3.05) is 0 Å². The molecule has 0 spiro atoms. The molecule has 0 radical (unpaired) electrons. The molecule has 2 fully saturated rings. The molecule has 0 aromatic carbocycles. The second kappa shape index (κ2) is 4.39. The predicted octanol–water partition coefficient (Wildman–Crippen LogP) is 0.963. The van der Waals surface area contributed by atoms with Crippen LogP contribution < -0.4 is 5.73 Å². The van der Waals surface area contributed by atoms with E-state index in [-0.39, 0.29) is 18.0 Å². The Kier molecular flexibility index (Phi) is 2.86. The first kappa shape index (κ1) is 11.7. The van der Waals surface area contributed by atoms with Gasteiger partial charge in [-0.15, -0.1) is 0 Å². The minimum Gasteiger partial charge on any atom is -0.330 e. The fourth-order valence-electron chi connectivity index (χ4n) is 2.96. The van der Waals surface area contributed by atoms with Gasteiger partial charge in [0.15, 0.2) is 0 Å². The normalized spacial score (nSPS) is 29.4. The Bertz CT molecular complexity index is 452. The highest BCUT2D eigenvalue weighted by Crippen LogP contribution is 2.38. The summed E-state index contributed by atoms with van der Waals surface area (Å²) in [6.07, 6.45) is 6.46. The summed E-state index contributed by atoms with van der Waals surface area (Å²) in [7, 11) is 1.92. The number of likely N-dealkylation sites (tertiary alicyclic amines) is 1. The van der Waals surface area contributed by atoms with Crippen LogP contribution in [0.3, 0.4) is 0 Å². The molecule has 2 heterocycles. The summed E-state index contributed by atoms with van der Waals surface area (Å²) < 4.78 is 1.85. The monoisotopic (exact) mass is 248 g/mol. The van der Waals surface area contributed by atoms with Crippen molar-refractivity contribution in [1.82, 2.24) is 14.7 Å². The summed E-state index contributed by atoms with van der Waals surface area (Å²) >= 11 is 0. The van der Waals surface area contributed by atoms with Gasteiger partial charge in [0.1, 0.15) is 0 Å². The molecule has 1 aliphatic heterocycles. The van der Waals surface area contributed by atoms with Gasteiger partial charge >= 0.3 is 0 Å². The molecular formula is C13H20N4O. The maximum Gasteiger partial charge on any atom is 0.223 e. The first-order chi connectivity index (χ1) is 8.68. The lowest BCUT2D eigenvalue weighted by atomic mass is 10.0. The second-order valence-corrected chi connectivity index (χ2v) is 5.41. The molecule has 98 valence electrons. The van der Waals surface area contributed by atoms with E-state index in [4.69, 9.17) is 5.73 Å². The third-order valence-corrected chi connectivity index (χ3v) is 4.02. The number of aromatic nitrogens is 2. The number of hydrogen-bond donors (Lipinski definition) is 1. The molecule has 2 aliphatic rings. The van der Waals surface area contributed by atoms with Gasteiger partial charge in [0.25, 0.3) is 0 Å². The van der Waals surface area contributed by atoms with Crippen molar-refractivity contribution in [3.8, 4) is 0 Å². The molecule has 0 bridgehead atoms. The Hall–Kier alpha value is -1.36. The lowest BCUT2D eigenvalue weighted by molar-refractivity contribution is -0.134. The number of nitrogens with zero attached hydrogens (tertiary/aromatic N) is 3. The fraction of sp³-hybridized carbons (Fsp3) is 0.692. The van der Waals surface area contributed by atoms with E-state index in [1.165, 1.54) is 0 Å². The lowest BCUT2D eigenvalue weighted by Crippen LogP contribution is -2.44. The van der Waals surface area contributed by atoms with Crippen molar-refractivity contribution in [2.45, 2.75) is 50.2 Å². The molecule has 5 heteroatoms. The van der Waals surface area contributed by atoms with E-state index in [1.54, 1.807) is 6.20 Å². The first-order valence-corrected chi connectivity index (χ1v) is 6.73. The van der Waals surface area contributed by atoms with Crippen LogP contribution in [0, 0.1) is 0 Å². The molecule has 2 unspecified atom stereocenters. The number of hydrogen-bond acceptors (Lipinski definition) is 3. The number of amides is 1. The first-order valence-electron chi connectivity index (χ1n) is 6.73. The van der Waals surface area contributed by atoms with Crippen LogP contribution in [0.15, 0.2) is 12.3 Å². The van der Waals surface area contributed by atoms with E-state index < -0.39 is 0 Å². The topological polar surface area (TPSA) is 64.2 Å². The van der Waals surface area contributed by atoms with E-state index in [2.05, 4.69) is 5.10 Å². The van der Waals surface area contributed by atoms with Gasteiger partial charge in [-0.1, -0.05) is 0 Å². The number of carbonyl (C=O) groups excluding carboxylic acids is 1. The number of rotatable bonds is 2. The van der Waals surface area contributed by atoms with E-state index in [0.29, 0.717) is 12.5 Å². The Morgan fingerprint density at radius 3 is 2.78 bits per heavy atom. The Labute approximate surface area is 107 Å². The predicted molar refractivity (Wildman–Crippen MR) is 67.6 cm³/mol. The van der Waals surface area contributed by atoms with Gasteiger partial charge < -0.3 is 10.6 Å². The number of aryl methyl sites for hydroxylation is 1. The summed E-state index contributed by atoms with van der Waals surface area (Å²) in [6, 6.07) is 2.41. The Balaban J connectivity index is 1.99. The van der Waals surface area contributed by atoms with Crippen LogP contribution in [0.5, 0.6) is 0 Å². The summed E-state index contributed by atoms with van der Waals surface area (Å²) in [5.41, 5.74) is 7.38. The Morgan fingerprint density at radius 2 is 2.17 bits per heavy atom. The fourth-order valence-corrected chi connectivity index (χ4v) is 2.96. The van der Waals surface area contributed by atoms with Crippen LogP contribution in [0.1, 0.15) is 43.8 Å². The van der Waals surface area contributed by atoms with Gasteiger partial charge in [-0.25, -0.2) is 0 Å². The third kappa shape index (κ3) is 1.92. The zero-order valence-electron chi connectivity index (χ0n) is 10.7. The van der Waals surface area contributed by atoms with Crippen LogP contribution in [-0.4, -0.2) is 32.7 Å². The molecule has 5 nitrogen and oxygen atoms in total. The highest BCUT2D eigenvalue weighted by Gasteiger charge is 2.42. The SMILES string of the molecule is Cn1nccc1C1C(N)CCCC(=O)N1C1CC1. The van der Waals surface area contributed by atoms with Crippen LogP contribution in [0.2, 0.25) is 0 Å². The van der Waals surface area contributed by atoms with Gasteiger partial charge in [-0.2, -0.15) is 5.10 Å². The quantitative estimate of drug-likeness (QED) is 0.848. The van der Waals surface area contributed by atoms with Crippen molar-refractivity contribution in [1.29, 1.82) is 0 Å². The van der Waals surface area contributed by atoms with Crippen molar-refractivity contribution < 1.29 is 4.79 Å². The summed E-state index contributed by atoms with van der Waals surface area (Å²) in [4.78, 5) is 14.3. The molecule has 2 atom stereocenters. The van der Waals surface area contributed by atoms with Gasteiger partial charge in [0.05, 0.1) is 11.7 Å². The van der Waals surface area contributed by atoms with Crippen molar-refractivity contribution in [3.05, 3.63) is 18.0 Å². The van der Waals surface area contributed by atoms with E-state index >= 15 is 0 Å². The molecule has 18 heavy (non-hydrogen) atoms. The molecule has 1 amide bonds. The molecule has 1 aromatic heterocycles. The molecule has 1 aliphatic carbocycles. The third-order valence-electron chi connectivity index (χ3n) is 4.02. The molecule has 2 N–H and O–H groups in total. The maximum absolute atomic E-state index is 12.3. The highest BCUT2D eigenvalue weighted by molar-refractivity contribution is 5.77. The van der Waals surface area contributed by atoms with Gasteiger partial charge in [0.2, 0.25) is 5.91 Å². The van der Waals surface area contributed by atoms with E-state index in [0.717, 1.165) is 31.4 Å². The second-order valence-electron chi connectivity index (χ2n) is 5.41. The summed E-state index contributed by atoms with van der Waals surface area (Å²) in [5.74, 6) is 0.261. The van der Waals surface area contributed by atoms with Gasteiger partial charge in [-0.05, 0) is 31.7 Å². The van der Waals surface area contributed by atoms with E-state index in [9.17, 15) is 4.79 Å². The minimum atomic E-state index is -0.000000000000000444. The van der Waals surface area contributed by atoms with Crippen molar-refractivity contribution in [2.24, 2.45) is 12.8 Å². The van der Waals surface area contributed by atoms with E-state index in [1.807, 2.05) is 22.7 Å². The zero-order valence-corrected chi connectivity index (χ0v) is 10.7. The van der Waals surface area contributed by atoms with Gasteiger partial charge in [0, 0.05) is 31.7 Å². The lowest BCUT2D eigenvalue weighted by Gasteiger charge is -2.33. The smallest absolute Gasteiger partial charge is 0.223 e. The average molecular weight is 248 g/mol. The van der Waals surface area contributed by atoms with Gasteiger partial charge in [-0.3, -0.25) is 9.48 Å².